The molecule has 0 aromatic heterocycles. The van der Waals surface area contributed by atoms with E-state index in [1.54, 1.807) is 42.4 Å². The molecule has 0 nitrogen and oxygen atoms in total. The van der Waals surface area contributed by atoms with Gasteiger partial charge in [0.15, 0.2) is 0 Å². The van der Waals surface area contributed by atoms with E-state index in [1.165, 1.54) is 67.1 Å². The largest absolute Gasteiger partial charge is 0.154 e. The van der Waals surface area contributed by atoms with Crippen molar-refractivity contribution >= 4 is 19.7 Å². The third-order valence-corrected chi connectivity index (χ3v) is 13.5. The molecule has 164 valence electrons. The topological polar surface area (TPSA) is 0 Å². The van der Waals surface area contributed by atoms with E-state index in [4.69, 9.17) is 0 Å². The van der Waals surface area contributed by atoms with Crippen LogP contribution in [-0.4, -0.2) is 22.7 Å². The van der Waals surface area contributed by atoms with Crippen molar-refractivity contribution in [1.82, 2.24) is 0 Å². The van der Waals surface area contributed by atoms with Gasteiger partial charge in [0.1, 0.15) is 0 Å². The molecule has 1 aromatic carbocycles. The van der Waals surface area contributed by atoms with E-state index in [2.05, 4.69) is 53.3 Å². The van der Waals surface area contributed by atoms with Crippen molar-refractivity contribution in [3.8, 4) is 0 Å². The maximum absolute atomic E-state index is 2.55. The lowest BCUT2D eigenvalue weighted by Gasteiger charge is -2.39. The quantitative estimate of drug-likeness (QED) is 0.387. The van der Waals surface area contributed by atoms with Crippen LogP contribution in [0.25, 0.3) is 0 Å². The van der Waals surface area contributed by atoms with E-state index < -0.39 is 0 Å². The second kappa shape index (κ2) is 11.0. The van der Waals surface area contributed by atoms with Crippen molar-refractivity contribution in [2.75, 3.05) is 6.16 Å². The predicted molar refractivity (Wildman–Crippen MR) is 136 cm³/mol. The standard InChI is InChI=1S/C27H45PS/c1-19(29-18-27-23(5)21(3)20(2)22(4)24(27)6)17-28(25-13-9-7-10-14-25)26-15-11-8-12-16-26/h19,25-26H,7-18H2,1-6H3. The van der Waals surface area contributed by atoms with E-state index in [0.29, 0.717) is 0 Å². The number of rotatable bonds is 7. The van der Waals surface area contributed by atoms with Crippen LogP contribution in [0.5, 0.6) is 0 Å². The fourth-order valence-electron chi connectivity index (χ4n) is 5.79. The van der Waals surface area contributed by atoms with Crippen LogP contribution < -0.4 is 0 Å². The number of benzene rings is 1. The summed E-state index contributed by atoms with van der Waals surface area (Å²) >= 11 is 2.25. The van der Waals surface area contributed by atoms with E-state index in [1.807, 2.05) is 0 Å². The molecule has 2 aliphatic rings. The van der Waals surface area contributed by atoms with E-state index in [9.17, 15) is 0 Å². The lowest BCUT2D eigenvalue weighted by molar-refractivity contribution is 0.484. The highest BCUT2D eigenvalue weighted by atomic mass is 32.2. The highest BCUT2D eigenvalue weighted by Gasteiger charge is 2.32. The zero-order valence-electron chi connectivity index (χ0n) is 20.1. The maximum Gasteiger partial charge on any atom is 0.0192 e. The lowest BCUT2D eigenvalue weighted by Crippen LogP contribution is -2.24. The van der Waals surface area contributed by atoms with Crippen molar-refractivity contribution in [2.45, 2.75) is 128 Å². The molecule has 0 spiro atoms. The molecule has 0 heterocycles. The Morgan fingerprint density at radius 1 is 0.690 bits per heavy atom. The van der Waals surface area contributed by atoms with Gasteiger partial charge in [-0.05, 0) is 111 Å². The van der Waals surface area contributed by atoms with Crippen LogP contribution in [-0.2, 0) is 5.75 Å². The Morgan fingerprint density at radius 3 is 1.55 bits per heavy atom. The SMILES string of the molecule is Cc1c(C)c(C)c(CSC(C)CP(C2CCCCC2)C2CCCCC2)c(C)c1C. The third kappa shape index (κ3) is 5.83. The molecule has 1 unspecified atom stereocenters. The summed E-state index contributed by atoms with van der Waals surface area (Å²) in [7, 11) is 0.229. The van der Waals surface area contributed by atoms with Gasteiger partial charge in [0.05, 0.1) is 0 Å². The summed E-state index contributed by atoms with van der Waals surface area (Å²) in [5, 5.41) is 0.811. The summed E-state index contributed by atoms with van der Waals surface area (Å²) in [6.07, 6.45) is 16.8. The highest BCUT2D eigenvalue weighted by Crippen LogP contribution is 2.56. The molecule has 0 saturated heterocycles. The van der Waals surface area contributed by atoms with Gasteiger partial charge in [-0.2, -0.15) is 11.8 Å². The number of hydrogen-bond donors (Lipinski definition) is 0. The summed E-state index contributed by atoms with van der Waals surface area (Å²) < 4.78 is 0. The molecule has 3 rings (SSSR count). The molecule has 2 saturated carbocycles. The minimum Gasteiger partial charge on any atom is -0.154 e. The molecule has 0 radical (unpaired) electrons. The Bertz CT molecular complexity index is 621. The predicted octanol–water partition coefficient (Wildman–Crippen LogP) is 9.00. The smallest absolute Gasteiger partial charge is 0.0192 e. The average Bonchev–Trinajstić information content (AvgIpc) is 2.76. The summed E-state index contributed by atoms with van der Waals surface area (Å²) in [6, 6.07) is 0. The van der Waals surface area contributed by atoms with E-state index in [-0.39, 0.29) is 7.92 Å². The molecule has 2 aliphatic carbocycles. The Hall–Kier alpha value is -0.0000000000000000555. The second-order valence-corrected chi connectivity index (χ2v) is 14.3. The minimum atomic E-state index is 0.229. The Balaban J connectivity index is 1.66. The zero-order chi connectivity index (χ0) is 21.0. The van der Waals surface area contributed by atoms with Crippen molar-refractivity contribution < 1.29 is 0 Å². The normalized spacial score (nSPS) is 20.4. The fourth-order valence-corrected chi connectivity index (χ4v) is 11.5. The van der Waals surface area contributed by atoms with Gasteiger partial charge < -0.3 is 0 Å². The van der Waals surface area contributed by atoms with Crippen LogP contribution in [0.1, 0.15) is 105 Å². The van der Waals surface area contributed by atoms with E-state index in [0.717, 1.165) is 16.6 Å². The Labute approximate surface area is 187 Å². The Kier molecular flexibility index (Phi) is 9.01. The molecule has 1 atom stereocenters. The number of thioether (sulfide) groups is 1. The van der Waals surface area contributed by atoms with Crippen LogP contribution >= 0.6 is 19.7 Å². The van der Waals surface area contributed by atoms with Crippen molar-refractivity contribution in [3.05, 3.63) is 33.4 Å². The first kappa shape index (κ1) is 23.7. The van der Waals surface area contributed by atoms with Gasteiger partial charge in [-0.1, -0.05) is 53.4 Å². The van der Waals surface area contributed by atoms with Crippen LogP contribution in [0.2, 0.25) is 0 Å². The molecular formula is C27H45PS. The summed E-state index contributed by atoms with van der Waals surface area (Å²) in [5.41, 5.74) is 11.4. The average molecular weight is 433 g/mol. The molecule has 29 heavy (non-hydrogen) atoms. The lowest BCUT2D eigenvalue weighted by atomic mass is 9.90. The molecule has 0 bridgehead atoms. The van der Waals surface area contributed by atoms with Crippen LogP contribution in [0.4, 0.5) is 0 Å². The molecule has 2 heteroatoms. The van der Waals surface area contributed by atoms with Crippen molar-refractivity contribution in [1.29, 1.82) is 0 Å². The molecule has 0 amide bonds. The maximum atomic E-state index is 2.55. The molecule has 1 aromatic rings. The summed E-state index contributed by atoms with van der Waals surface area (Å²) in [4.78, 5) is 0. The van der Waals surface area contributed by atoms with Gasteiger partial charge in [-0.15, -0.1) is 0 Å². The first-order valence-corrected chi connectivity index (χ1v) is 15.0. The second-order valence-electron chi connectivity index (χ2n) is 10.0. The van der Waals surface area contributed by atoms with Gasteiger partial charge >= 0.3 is 0 Å². The van der Waals surface area contributed by atoms with Crippen LogP contribution in [0.15, 0.2) is 0 Å². The highest BCUT2D eigenvalue weighted by molar-refractivity contribution is 7.99. The first-order chi connectivity index (χ1) is 13.9. The van der Waals surface area contributed by atoms with E-state index >= 15 is 0 Å². The van der Waals surface area contributed by atoms with Gasteiger partial charge in [0.25, 0.3) is 0 Å². The molecule has 0 N–H and O–H groups in total. The van der Waals surface area contributed by atoms with Gasteiger partial charge in [0, 0.05) is 11.0 Å². The molecule has 2 fully saturated rings. The van der Waals surface area contributed by atoms with Gasteiger partial charge in [0.2, 0.25) is 0 Å². The van der Waals surface area contributed by atoms with Crippen molar-refractivity contribution in [2.24, 2.45) is 0 Å². The minimum absolute atomic E-state index is 0.229. The Morgan fingerprint density at radius 2 is 1.10 bits per heavy atom. The monoisotopic (exact) mass is 432 g/mol. The van der Waals surface area contributed by atoms with Crippen LogP contribution in [0.3, 0.4) is 0 Å². The summed E-state index contributed by atoms with van der Waals surface area (Å²) in [6.45, 7) is 14.2. The first-order valence-electron chi connectivity index (χ1n) is 12.3. The van der Waals surface area contributed by atoms with Gasteiger partial charge in [-0.3, -0.25) is 0 Å². The zero-order valence-corrected chi connectivity index (χ0v) is 21.8. The van der Waals surface area contributed by atoms with Crippen molar-refractivity contribution in [3.63, 3.8) is 0 Å². The van der Waals surface area contributed by atoms with Crippen LogP contribution in [0, 0.1) is 34.6 Å². The van der Waals surface area contributed by atoms with Gasteiger partial charge in [-0.25, -0.2) is 0 Å². The number of hydrogen-bond acceptors (Lipinski definition) is 1. The summed E-state index contributed by atoms with van der Waals surface area (Å²) in [5.74, 6) is 1.21. The molecular weight excluding hydrogens is 387 g/mol. The third-order valence-electron chi connectivity index (χ3n) is 8.22. The fraction of sp³-hybridized carbons (Fsp3) is 0.778. The molecule has 0 aliphatic heterocycles.